The van der Waals surface area contributed by atoms with Gasteiger partial charge in [-0.2, -0.15) is 0 Å². The molecule has 2 unspecified atom stereocenters. The van der Waals surface area contributed by atoms with Gasteiger partial charge in [-0.3, -0.25) is 9.80 Å². The Labute approximate surface area is 387 Å². The minimum atomic E-state index is -4.64. The molecule has 0 fully saturated rings. The summed E-state index contributed by atoms with van der Waals surface area (Å²) in [6, 6.07) is 13.3. The molecule has 22 nitrogen and oxygen atoms in total. The Hall–Kier alpha value is -4.47. The molecule has 2 aliphatic heterocycles. The fourth-order valence-electron chi connectivity index (χ4n) is 8.76. The van der Waals surface area contributed by atoms with Gasteiger partial charge >= 0.3 is 23.5 Å². The highest BCUT2D eigenvalue weighted by Gasteiger charge is 2.38. The van der Waals surface area contributed by atoms with Crippen molar-refractivity contribution in [2.45, 2.75) is 37.8 Å². The van der Waals surface area contributed by atoms with E-state index in [1.807, 2.05) is 0 Å². The van der Waals surface area contributed by atoms with Crippen LogP contribution >= 0.6 is 23.5 Å². The van der Waals surface area contributed by atoms with E-state index in [4.69, 9.17) is 95.6 Å². The average Bonchev–Trinajstić information content (AvgIpc) is 3.25. The zero-order chi connectivity index (χ0) is 50.3. The minimum absolute atomic E-state index is 0.333. The van der Waals surface area contributed by atoms with Gasteiger partial charge in [-0.05, 0) is 121 Å². The van der Waals surface area contributed by atoms with Crippen molar-refractivity contribution < 1.29 is 95.6 Å². The first-order valence-electron chi connectivity index (χ1n) is 20.1. The van der Waals surface area contributed by atoms with Crippen LogP contribution in [0.25, 0.3) is 22.3 Å². The highest BCUT2D eigenvalue weighted by atomic mass is 31.2. The zero-order valence-electron chi connectivity index (χ0n) is 38.6. The number of nitrogens with zero attached hydrogens (tertiary/aromatic N) is 2. The summed E-state index contributed by atoms with van der Waals surface area (Å²) in [4.78, 5) is 69.5. The molecule has 372 valence electrons. The zero-order valence-corrected chi connectivity index (χ0v) is 41.3. The lowest BCUT2D eigenvalue weighted by Crippen LogP contribution is -2.35. The van der Waals surface area contributed by atoms with Crippen molar-refractivity contribution in [3.05, 3.63) is 69.8 Å². The van der Waals surface area contributed by atoms with Gasteiger partial charge in [0, 0.05) is 36.3 Å². The summed E-state index contributed by atoms with van der Waals surface area (Å²) in [5.41, 5.74) is 12.4. The fraction of sp³-hybridized carbons (Fsp3) is 0.429. The fourth-order valence-corrected chi connectivity index (χ4v) is 8.76. The molecule has 8 rings (SSSR count). The maximum atomic E-state index is 8.88. The van der Waals surface area contributed by atoms with Crippen molar-refractivity contribution in [2.24, 2.45) is 0 Å². The van der Waals surface area contributed by atoms with Gasteiger partial charge in [0.05, 0.1) is 56.9 Å². The number of rotatable bonds is 8. The van der Waals surface area contributed by atoms with E-state index in [9.17, 15) is 0 Å². The quantitative estimate of drug-likeness (QED) is 0.112. The third kappa shape index (κ3) is 13.8. The summed E-state index contributed by atoms with van der Waals surface area (Å²) in [6.07, 6.45) is 3.92. The van der Waals surface area contributed by atoms with Gasteiger partial charge in [-0.25, -0.2) is 13.7 Å². The third-order valence-electron chi connectivity index (χ3n) is 11.4. The summed E-state index contributed by atoms with van der Waals surface area (Å²) in [5, 5.41) is 0. The maximum Gasteiger partial charge on any atom is 0.466 e. The Balaban J connectivity index is 0.000000225. The molecule has 67 heavy (non-hydrogen) atoms. The van der Waals surface area contributed by atoms with Gasteiger partial charge < -0.3 is 81.9 Å². The summed E-state index contributed by atoms with van der Waals surface area (Å²) in [6.45, 7) is 2.07. The Morgan fingerprint density at radius 1 is 0.418 bits per heavy atom. The number of phosphoric acid groups is 3. The van der Waals surface area contributed by atoms with Crippen LogP contribution in [-0.2, 0) is 39.4 Å². The largest absolute Gasteiger partial charge is 0.493 e. The Kier molecular flexibility index (Phi) is 18.7. The molecule has 2 atom stereocenters. The van der Waals surface area contributed by atoms with Gasteiger partial charge in [-0.1, -0.05) is 0 Å². The van der Waals surface area contributed by atoms with Crippen molar-refractivity contribution in [3.63, 3.8) is 0 Å². The Morgan fingerprint density at radius 2 is 0.672 bits per heavy atom. The van der Waals surface area contributed by atoms with Crippen molar-refractivity contribution in [1.29, 1.82) is 0 Å². The van der Waals surface area contributed by atoms with E-state index in [0.717, 1.165) is 107 Å². The van der Waals surface area contributed by atoms with Gasteiger partial charge in [0.25, 0.3) is 0 Å². The molecule has 0 aromatic heterocycles. The van der Waals surface area contributed by atoms with E-state index in [1.165, 1.54) is 33.4 Å². The van der Waals surface area contributed by atoms with Crippen LogP contribution in [0.1, 0.15) is 45.5 Å². The van der Waals surface area contributed by atoms with E-state index >= 15 is 0 Å². The van der Waals surface area contributed by atoms with Crippen LogP contribution in [0.15, 0.2) is 36.4 Å². The van der Waals surface area contributed by atoms with Crippen molar-refractivity contribution in [3.8, 4) is 68.2 Å². The van der Waals surface area contributed by atoms with Crippen LogP contribution in [0.2, 0.25) is 0 Å². The molecule has 4 aromatic rings. The summed E-state index contributed by atoms with van der Waals surface area (Å²) < 4.78 is 71.8. The number of hydrogen-bond acceptors (Lipinski definition) is 13. The maximum absolute atomic E-state index is 8.88. The lowest BCUT2D eigenvalue weighted by atomic mass is 9.76. The monoisotopic (exact) mass is 1000 g/mol. The standard InChI is InChI=1S/2C21H25NO4.3H3O4P/c2*1-22-7-6-12-9-18(25-4)21(26-5)20-14-11-17(24-3)16(23-2)10-13(14)8-15(22)19(12)20;3*1-5(2,3)4/h2*9-11,15H,6-8H2,1-5H3;3*(H3,1,2,3,4). The minimum Gasteiger partial charge on any atom is -0.493 e. The van der Waals surface area contributed by atoms with Crippen LogP contribution in [0, 0.1) is 0 Å². The molecular formula is C42H59N2O20P3. The first-order chi connectivity index (χ1) is 31.2. The van der Waals surface area contributed by atoms with Crippen LogP contribution in [-0.4, -0.2) is 138 Å². The van der Waals surface area contributed by atoms with Crippen molar-refractivity contribution in [2.75, 3.05) is 84.1 Å². The summed E-state index contributed by atoms with van der Waals surface area (Å²) in [5.74, 6) is 6.13. The van der Waals surface area contributed by atoms with E-state index in [0.29, 0.717) is 12.1 Å². The van der Waals surface area contributed by atoms with Gasteiger partial charge in [0.2, 0.25) is 0 Å². The second kappa shape index (κ2) is 22.8. The SMILES string of the molecule is COc1cc2c(cc1OC)-c1c(OC)c(OC)cc3c1C(C2)N(C)CC3.COc1cc2c(cc1OC)-c1c(OC)c(OC)cc3c1C(C2)N(C)CC3.O=P(O)(O)O.O=P(O)(O)O.O=P(O)(O)O. The van der Waals surface area contributed by atoms with Gasteiger partial charge in [0.15, 0.2) is 46.0 Å². The molecule has 0 radical (unpaired) electrons. The van der Waals surface area contributed by atoms with Crippen molar-refractivity contribution in [1.82, 2.24) is 9.80 Å². The first kappa shape index (κ1) is 55.1. The summed E-state index contributed by atoms with van der Waals surface area (Å²) in [7, 11) is 3.96. The first-order valence-corrected chi connectivity index (χ1v) is 24.8. The van der Waals surface area contributed by atoms with E-state index < -0.39 is 23.5 Å². The van der Waals surface area contributed by atoms with Gasteiger partial charge in [0.1, 0.15) is 0 Å². The molecule has 0 bridgehead atoms. The second-order valence-corrected chi connectivity index (χ2v) is 18.4. The third-order valence-corrected chi connectivity index (χ3v) is 11.4. The number of ether oxygens (including phenoxy) is 8. The molecular weight excluding hydrogens is 945 g/mol. The molecule has 0 saturated heterocycles. The molecule has 9 N–H and O–H groups in total. The number of benzene rings is 4. The van der Waals surface area contributed by atoms with Crippen molar-refractivity contribution >= 4 is 23.5 Å². The topological polar surface area (TPSA) is 314 Å². The number of likely N-dealkylation sites (N-methyl/N-ethyl adjacent to an activating group) is 2. The second-order valence-electron chi connectivity index (χ2n) is 15.3. The molecule has 0 amide bonds. The molecule has 4 aromatic carbocycles. The lowest BCUT2D eigenvalue weighted by molar-refractivity contribution is 0.226. The molecule has 0 saturated carbocycles. The molecule has 4 aliphatic rings. The predicted molar refractivity (Wildman–Crippen MR) is 245 cm³/mol. The van der Waals surface area contributed by atoms with Gasteiger partial charge in [-0.15, -0.1) is 0 Å². The average molecular weight is 1000 g/mol. The normalized spacial score (nSPS) is 16.6. The molecule has 2 aliphatic carbocycles. The lowest BCUT2D eigenvalue weighted by Gasteiger charge is -2.40. The smallest absolute Gasteiger partial charge is 0.466 e. The number of hydrogen-bond donors (Lipinski definition) is 9. The summed E-state index contributed by atoms with van der Waals surface area (Å²) >= 11 is 0. The Bertz CT molecular complexity index is 2330. The van der Waals surface area contributed by atoms with E-state index in [2.05, 4.69) is 60.3 Å². The molecule has 25 heteroatoms. The van der Waals surface area contributed by atoms with Crippen LogP contribution in [0.4, 0.5) is 0 Å². The highest BCUT2D eigenvalue weighted by molar-refractivity contribution is 7.45. The predicted octanol–water partition coefficient (Wildman–Crippen LogP) is 4.16. The molecule has 2 heterocycles. The number of methoxy groups -OCH3 is 8. The number of fused-ring (bicyclic) bond motifs is 4. The highest BCUT2D eigenvalue weighted by Crippen LogP contribution is 2.55. The van der Waals surface area contributed by atoms with Crippen LogP contribution < -0.4 is 37.9 Å². The van der Waals surface area contributed by atoms with Crippen LogP contribution in [0.3, 0.4) is 0 Å². The van der Waals surface area contributed by atoms with E-state index in [-0.39, 0.29) is 0 Å². The Morgan fingerprint density at radius 3 is 0.925 bits per heavy atom. The van der Waals surface area contributed by atoms with Crippen LogP contribution in [0.5, 0.6) is 46.0 Å². The van der Waals surface area contributed by atoms with E-state index in [1.54, 1.807) is 56.9 Å². The molecule has 0 spiro atoms.